The zero-order chi connectivity index (χ0) is 16.5. The van der Waals surface area contributed by atoms with Crippen LogP contribution in [0, 0.1) is 0 Å². The van der Waals surface area contributed by atoms with E-state index in [1.54, 1.807) is 0 Å². The van der Waals surface area contributed by atoms with Gasteiger partial charge in [-0.15, -0.1) is 0 Å². The van der Waals surface area contributed by atoms with E-state index in [9.17, 15) is 0 Å². The van der Waals surface area contributed by atoms with Crippen molar-refractivity contribution in [2.24, 2.45) is 0 Å². The van der Waals surface area contributed by atoms with Crippen molar-refractivity contribution < 1.29 is 4.74 Å². The van der Waals surface area contributed by atoms with Crippen LogP contribution in [0.4, 0.5) is 5.82 Å². The normalized spacial score (nSPS) is 24.9. The molecular formula is C16H23ClN6O. The minimum Gasteiger partial charge on any atom is -0.367 e. The van der Waals surface area contributed by atoms with E-state index in [4.69, 9.17) is 16.3 Å². The fourth-order valence-electron chi connectivity index (χ4n) is 3.73. The molecule has 1 saturated carbocycles. The third-order valence-electron chi connectivity index (χ3n) is 4.91. The summed E-state index contributed by atoms with van der Waals surface area (Å²) in [6.45, 7) is 0.847. The Hall–Kier alpha value is -1.44. The van der Waals surface area contributed by atoms with Gasteiger partial charge >= 0.3 is 0 Å². The molecule has 130 valence electrons. The van der Waals surface area contributed by atoms with Crippen molar-refractivity contribution in [3.8, 4) is 0 Å². The fourth-order valence-corrected chi connectivity index (χ4v) is 3.89. The van der Waals surface area contributed by atoms with Crippen LogP contribution in [0.1, 0.15) is 44.8 Å². The van der Waals surface area contributed by atoms with Crippen LogP contribution in [-0.4, -0.2) is 45.5 Å². The van der Waals surface area contributed by atoms with Gasteiger partial charge in [0.1, 0.15) is 5.82 Å². The summed E-state index contributed by atoms with van der Waals surface area (Å²) in [5.74, 6) is 0.785. The number of likely N-dealkylation sites (N-methyl/N-ethyl adjacent to an activating group) is 1. The van der Waals surface area contributed by atoms with Gasteiger partial charge in [-0.2, -0.15) is 15.1 Å². The van der Waals surface area contributed by atoms with Gasteiger partial charge in [0, 0.05) is 12.6 Å². The Morgan fingerprint density at radius 2 is 2.08 bits per heavy atom. The first-order valence-electron chi connectivity index (χ1n) is 8.72. The van der Waals surface area contributed by atoms with Crippen LogP contribution in [0.3, 0.4) is 0 Å². The average molecular weight is 351 g/mol. The molecule has 1 saturated heterocycles. The number of nitrogens with one attached hydrogen (secondary N) is 2. The molecule has 2 unspecified atom stereocenters. The molecule has 8 heteroatoms. The van der Waals surface area contributed by atoms with Crippen molar-refractivity contribution in [1.29, 1.82) is 0 Å². The molecule has 0 aromatic carbocycles. The molecule has 2 aliphatic rings. The van der Waals surface area contributed by atoms with Crippen molar-refractivity contribution in [2.75, 3.05) is 18.9 Å². The maximum absolute atomic E-state index is 6.17. The molecule has 1 aliphatic heterocycles. The van der Waals surface area contributed by atoms with Crippen LogP contribution in [0.2, 0.25) is 5.28 Å². The lowest BCUT2D eigenvalue weighted by Gasteiger charge is -2.15. The van der Waals surface area contributed by atoms with E-state index in [0.717, 1.165) is 36.2 Å². The highest BCUT2D eigenvalue weighted by Gasteiger charge is 2.29. The van der Waals surface area contributed by atoms with Crippen molar-refractivity contribution in [2.45, 2.75) is 56.9 Å². The third kappa shape index (κ3) is 3.08. The number of fused-ring (bicyclic) bond motifs is 1. The second-order valence-electron chi connectivity index (χ2n) is 6.64. The second kappa shape index (κ2) is 6.82. The quantitative estimate of drug-likeness (QED) is 0.807. The van der Waals surface area contributed by atoms with E-state index in [2.05, 4.69) is 25.7 Å². The summed E-state index contributed by atoms with van der Waals surface area (Å²) in [6.07, 6.45) is 8.76. The lowest BCUT2D eigenvalue weighted by molar-refractivity contribution is -0.00127. The first-order chi connectivity index (χ1) is 11.7. The van der Waals surface area contributed by atoms with E-state index >= 15 is 0 Å². The van der Waals surface area contributed by atoms with Gasteiger partial charge < -0.3 is 15.4 Å². The molecule has 1 aliphatic carbocycles. The Kier molecular flexibility index (Phi) is 4.56. The van der Waals surface area contributed by atoms with E-state index in [0.29, 0.717) is 6.04 Å². The SMILES string of the molecule is CNCC1CCC(n2ncc3c(NC4CCCC4)nc(Cl)nc32)O1. The van der Waals surface area contributed by atoms with Crippen LogP contribution in [0.25, 0.3) is 11.0 Å². The first-order valence-corrected chi connectivity index (χ1v) is 9.09. The highest BCUT2D eigenvalue weighted by molar-refractivity contribution is 6.28. The van der Waals surface area contributed by atoms with Gasteiger partial charge in [0.2, 0.25) is 5.28 Å². The van der Waals surface area contributed by atoms with Crippen molar-refractivity contribution in [3.63, 3.8) is 0 Å². The van der Waals surface area contributed by atoms with Crippen LogP contribution < -0.4 is 10.6 Å². The van der Waals surface area contributed by atoms with Crippen molar-refractivity contribution >= 4 is 28.5 Å². The number of hydrogen-bond donors (Lipinski definition) is 2. The lowest BCUT2D eigenvalue weighted by atomic mass is 10.2. The molecule has 2 fully saturated rings. The van der Waals surface area contributed by atoms with E-state index in [-0.39, 0.29) is 17.6 Å². The number of anilines is 1. The smallest absolute Gasteiger partial charge is 0.226 e. The Balaban J connectivity index is 1.62. The van der Waals surface area contributed by atoms with Gasteiger partial charge in [0.15, 0.2) is 11.9 Å². The summed E-state index contributed by atoms with van der Waals surface area (Å²) in [7, 11) is 1.94. The maximum atomic E-state index is 6.17. The zero-order valence-electron chi connectivity index (χ0n) is 13.8. The molecule has 0 amide bonds. The molecule has 2 atom stereocenters. The number of nitrogens with zero attached hydrogens (tertiary/aromatic N) is 4. The molecule has 0 bridgehead atoms. The second-order valence-corrected chi connectivity index (χ2v) is 6.98. The Labute approximate surface area is 146 Å². The predicted molar refractivity (Wildman–Crippen MR) is 93.3 cm³/mol. The predicted octanol–water partition coefficient (Wildman–Crippen LogP) is 2.73. The standard InChI is InChI=1S/C16H23ClN6O/c1-18-8-11-6-7-13(24-11)23-15-12(9-19-23)14(21-16(17)22-15)20-10-4-2-3-5-10/h9-11,13,18H,2-8H2,1H3,(H,20,21,22). The Morgan fingerprint density at radius 1 is 1.25 bits per heavy atom. The first kappa shape index (κ1) is 16.1. The Morgan fingerprint density at radius 3 is 2.88 bits per heavy atom. The van der Waals surface area contributed by atoms with Gasteiger partial charge in [0.25, 0.3) is 0 Å². The molecule has 7 nitrogen and oxygen atoms in total. The van der Waals surface area contributed by atoms with Crippen molar-refractivity contribution in [3.05, 3.63) is 11.5 Å². The van der Waals surface area contributed by atoms with Gasteiger partial charge in [-0.1, -0.05) is 12.8 Å². The monoisotopic (exact) mass is 350 g/mol. The number of hydrogen-bond acceptors (Lipinski definition) is 6. The third-order valence-corrected chi connectivity index (χ3v) is 5.08. The number of halogens is 1. The van der Waals surface area contributed by atoms with Gasteiger partial charge in [0.05, 0.1) is 17.7 Å². The number of aromatic nitrogens is 4. The number of rotatable bonds is 5. The fraction of sp³-hybridized carbons (Fsp3) is 0.688. The molecule has 24 heavy (non-hydrogen) atoms. The molecular weight excluding hydrogens is 328 g/mol. The van der Waals surface area contributed by atoms with Crippen LogP contribution >= 0.6 is 11.6 Å². The number of ether oxygens (including phenoxy) is 1. The zero-order valence-corrected chi connectivity index (χ0v) is 14.6. The molecule has 0 spiro atoms. The molecule has 0 radical (unpaired) electrons. The summed E-state index contributed by atoms with van der Waals surface area (Å²) in [5.41, 5.74) is 0.741. The molecule has 3 heterocycles. The topological polar surface area (TPSA) is 76.9 Å². The van der Waals surface area contributed by atoms with E-state index < -0.39 is 0 Å². The van der Waals surface area contributed by atoms with Gasteiger partial charge in [-0.3, -0.25) is 0 Å². The summed E-state index contributed by atoms with van der Waals surface area (Å²) in [5, 5.41) is 12.4. The maximum Gasteiger partial charge on any atom is 0.226 e. The summed E-state index contributed by atoms with van der Waals surface area (Å²) < 4.78 is 7.93. The summed E-state index contributed by atoms with van der Waals surface area (Å²) in [4.78, 5) is 8.79. The summed E-state index contributed by atoms with van der Waals surface area (Å²) >= 11 is 6.17. The molecule has 2 N–H and O–H groups in total. The van der Waals surface area contributed by atoms with E-state index in [1.165, 1.54) is 25.7 Å². The van der Waals surface area contributed by atoms with Gasteiger partial charge in [-0.25, -0.2) is 4.68 Å². The largest absolute Gasteiger partial charge is 0.367 e. The van der Waals surface area contributed by atoms with E-state index in [1.807, 2.05) is 17.9 Å². The van der Waals surface area contributed by atoms with Crippen molar-refractivity contribution in [1.82, 2.24) is 25.1 Å². The molecule has 2 aromatic heterocycles. The Bertz CT molecular complexity index is 714. The molecule has 4 rings (SSSR count). The van der Waals surface area contributed by atoms with Crippen LogP contribution in [0.15, 0.2) is 6.20 Å². The van der Waals surface area contributed by atoms with Crippen LogP contribution in [0.5, 0.6) is 0 Å². The average Bonchev–Trinajstić information content (AvgIpc) is 3.27. The lowest BCUT2D eigenvalue weighted by Crippen LogP contribution is -2.23. The highest BCUT2D eigenvalue weighted by atomic mass is 35.5. The minimum atomic E-state index is -0.0915. The van der Waals surface area contributed by atoms with Gasteiger partial charge in [-0.05, 0) is 44.3 Å². The van der Waals surface area contributed by atoms with Crippen LogP contribution in [-0.2, 0) is 4.74 Å². The highest BCUT2D eigenvalue weighted by Crippen LogP contribution is 2.32. The molecule has 2 aromatic rings. The summed E-state index contributed by atoms with van der Waals surface area (Å²) in [6, 6.07) is 0.463. The minimum absolute atomic E-state index is 0.0915.